The first-order valence-electron chi connectivity index (χ1n) is 9.28. The Morgan fingerprint density at radius 3 is 2.33 bits per heavy atom. The molecule has 3 aromatic carbocycles. The van der Waals surface area contributed by atoms with Crippen LogP contribution >= 0.6 is 12.4 Å². The Balaban J connectivity index is 0.00000320. The number of hydrogen-bond donors (Lipinski definition) is 1. The monoisotopic (exact) mass is 426 g/mol. The fourth-order valence-electron chi connectivity index (χ4n) is 2.91. The highest BCUT2D eigenvalue weighted by molar-refractivity contribution is 5.85. The number of ether oxygens (including phenoxy) is 1. The van der Waals surface area contributed by atoms with Gasteiger partial charge in [-0.3, -0.25) is 10.1 Å². The number of aryl methyl sites for hydroxylation is 1. The van der Waals surface area contributed by atoms with Gasteiger partial charge in [-0.05, 0) is 30.2 Å². The molecule has 1 atom stereocenters. The summed E-state index contributed by atoms with van der Waals surface area (Å²) in [5.41, 5.74) is 3.46. The quantitative estimate of drug-likeness (QED) is 0.308. The van der Waals surface area contributed by atoms with Gasteiger partial charge in [0.1, 0.15) is 12.6 Å². The van der Waals surface area contributed by atoms with Crippen LogP contribution in [0.15, 0.2) is 78.9 Å². The molecule has 156 valence electrons. The smallest absolute Gasteiger partial charge is 0.329 e. The lowest BCUT2D eigenvalue weighted by atomic mass is 10.0. The minimum atomic E-state index is -0.677. The van der Waals surface area contributed by atoms with Crippen molar-refractivity contribution in [3.63, 3.8) is 0 Å². The summed E-state index contributed by atoms with van der Waals surface area (Å²) in [6.45, 7) is 2.15. The summed E-state index contributed by atoms with van der Waals surface area (Å²) >= 11 is 0. The second-order valence-electron chi connectivity index (χ2n) is 6.79. The van der Waals surface area contributed by atoms with E-state index >= 15 is 0 Å². The van der Waals surface area contributed by atoms with Gasteiger partial charge in [0.25, 0.3) is 5.69 Å². The Hall–Kier alpha value is -3.38. The molecule has 0 amide bonds. The maximum Gasteiger partial charge on any atom is 0.329 e. The molecule has 0 aliphatic rings. The van der Waals surface area contributed by atoms with Crippen molar-refractivity contribution >= 4 is 29.8 Å². The van der Waals surface area contributed by atoms with Crippen molar-refractivity contribution in [2.75, 3.05) is 5.32 Å². The standard InChI is InChI=1S/C23H22N2O4.ClH/c1-17-10-12-20(13-11-17)24-22(15-19-8-5-9-21(14-19)25(27)28)23(26)29-16-18-6-3-2-4-7-18;/h2-14,22,24H,15-16H2,1H3;1H/t22-;/m0./s1. The Kier molecular flexibility index (Phi) is 8.38. The Morgan fingerprint density at radius 2 is 1.67 bits per heavy atom. The van der Waals surface area contributed by atoms with Gasteiger partial charge in [-0.2, -0.15) is 0 Å². The van der Waals surface area contributed by atoms with Crippen LogP contribution in [0.2, 0.25) is 0 Å². The van der Waals surface area contributed by atoms with E-state index in [0.29, 0.717) is 5.56 Å². The summed E-state index contributed by atoms with van der Waals surface area (Å²) in [5.74, 6) is -0.416. The number of esters is 1. The number of carbonyl (C=O) groups is 1. The van der Waals surface area contributed by atoms with Gasteiger partial charge in [0, 0.05) is 24.2 Å². The first-order valence-corrected chi connectivity index (χ1v) is 9.28. The molecule has 0 heterocycles. The molecule has 6 nitrogen and oxygen atoms in total. The molecular formula is C23H23ClN2O4. The molecule has 0 fully saturated rings. The first kappa shape index (κ1) is 22.9. The van der Waals surface area contributed by atoms with Crippen molar-refractivity contribution in [2.45, 2.75) is 26.0 Å². The number of non-ortho nitro benzene ring substituents is 1. The highest BCUT2D eigenvalue weighted by Gasteiger charge is 2.22. The first-order chi connectivity index (χ1) is 14.0. The third-order valence-corrected chi connectivity index (χ3v) is 4.46. The molecule has 0 bridgehead atoms. The fourth-order valence-corrected chi connectivity index (χ4v) is 2.91. The van der Waals surface area contributed by atoms with E-state index in [2.05, 4.69) is 5.32 Å². The average molecular weight is 427 g/mol. The Bertz CT molecular complexity index is 978. The van der Waals surface area contributed by atoms with Crippen LogP contribution in [0.5, 0.6) is 0 Å². The van der Waals surface area contributed by atoms with Crippen LogP contribution in [-0.4, -0.2) is 16.9 Å². The zero-order valence-corrected chi connectivity index (χ0v) is 17.3. The minimum Gasteiger partial charge on any atom is -0.459 e. The molecule has 0 radical (unpaired) electrons. The molecule has 0 aliphatic carbocycles. The van der Waals surface area contributed by atoms with Gasteiger partial charge in [-0.25, -0.2) is 4.79 Å². The van der Waals surface area contributed by atoms with Crippen molar-refractivity contribution in [3.8, 4) is 0 Å². The molecule has 0 unspecified atom stereocenters. The van der Waals surface area contributed by atoms with E-state index in [1.807, 2.05) is 61.5 Å². The number of nitrogens with zero attached hydrogens (tertiary/aromatic N) is 1. The number of nitro benzene ring substituents is 1. The average Bonchev–Trinajstić information content (AvgIpc) is 2.74. The molecule has 0 saturated carbocycles. The SMILES string of the molecule is Cc1ccc(N[C@@H](Cc2cccc([N+](=O)[O-])c2)C(=O)OCc2ccccc2)cc1.Cl. The molecule has 30 heavy (non-hydrogen) atoms. The highest BCUT2D eigenvalue weighted by Crippen LogP contribution is 2.18. The number of carbonyl (C=O) groups excluding carboxylic acids is 1. The van der Waals surface area contributed by atoms with Gasteiger partial charge in [-0.15, -0.1) is 12.4 Å². The summed E-state index contributed by atoms with van der Waals surface area (Å²) in [6.07, 6.45) is 0.267. The van der Waals surface area contributed by atoms with Gasteiger partial charge in [0.05, 0.1) is 4.92 Å². The Morgan fingerprint density at radius 1 is 1.00 bits per heavy atom. The molecule has 0 aliphatic heterocycles. The molecular weight excluding hydrogens is 404 g/mol. The van der Waals surface area contributed by atoms with Crippen LogP contribution in [0, 0.1) is 17.0 Å². The molecule has 3 rings (SSSR count). The zero-order chi connectivity index (χ0) is 20.6. The molecule has 0 spiro atoms. The lowest BCUT2D eigenvalue weighted by Gasteiger charge is -2.19. The number of nitro groups is 1. The second-order valence-corrected chi connectivity index (χ2v) is 6.79. The highest BCUT2D eigenvalue weighted by atomic mass is 35.5. The molecule has 0 saturated heterocycles. The van der Waals surface area contributed by atoms with E-state index in [1.165, 1.54) is 12.1 Å². The third kappa shape index (κ3) is 6.60. The predicted octanol–water partition coefficient (Wildman–Crippen LogP) is 5.09. The van der Waals surface area contributed by atoms with E-state index in [9.17, 15) is 14.9 Å². The topological polar surface area (TPSA) is 81.5 Å². The van der Waals surface area contributed by atoms with E-state index in [4.69, 9.17) is 4.74 Å². The predicted molar refractivity (Wildman–Crippen MR) is 119 cm³/mol. The summed E-state index contributed by atoms with van der Waals surface area (Å²) in [6, 6.07) is 22.7. The maximum absolute atomic E-state index is 12.8. The number of rotatable bonds is 8. The summed E-state index contributed by atoms with van der Waals surface area (Å²) in [4.78, 5) is 23.4. The lowest BCUT2D eigenvalue weighted by molar-refractivity contribution is -0.384. The summed E-state index contributed by atoms with van der Waals surface area (Å²) < 4.78 is 5.50. The third-order valence-electron chi connectivity index (χ3n) is 4.46. The van der Waals surface area contributed by atoms with Gasteiger partial charge in [0.15, 0.2) is 0 Å². The van der Waals surface area contributed by atoms with E-state index < -0.39 is 16.9 Å². The number of nitrogens with one attached hydrogen (secondary N) is 1. The fraction of sp³-hybridized carbons (Fsp3) is 0.174. The van der Waals surface area contributed by atoms with Gasteiger partial charge < -0.3 is 10.1 Å². The van der Waals surface area contributed by atoms with E-state index in [1.54, 1.807) is 12.1 Å². The summed E-state index contributed by atoms with van der Waals surface area (Å²) in [7, 11) is 0. The lowest BCUT2D eigenvalue weighted by Crippen LogP contribution is -2.33. The van der Waals surface area contributed by atoms with Crippen LogP contribution < -0.4 is 5.32 Å². The largest absolute Gasteiger partial charge is 0.459 e. The van der Waals surface area contributed by atoms with Crippen LogP contribution in [-0.2, 0) is 22.6 Å². The van der Waals surface area contributed by atoms with Crippen molar-refractivity contribution in [1.82, 2.24) is 0 Å². The van der Waals surface area contributed by atoms with Gasteiger partial charge >= 0.3 is 5.97 Å². The van der Waals surface area contributed by atoms with Crippen LogP contribution in [0.3, 0.4) is 0 Å². The molecule has 0 aromatic heterocycles. The van der Waals surface area contributed by atoms with Crippen LogP contribution in [0.4, 0.5) is 11.4 Å². The number of benzene rings is 3. The van der Waals surface area contributed by atoms with Gasteiger partial charge in [-0.1, -0.05) is 60.2 Å². The maximum atomic E-state index is 12.8. The summed E-state index contributed by atoms with van der Waals surface area (Å²) in [5, 5.41) is 14.2. The van der Waals surface area contributed by atoms with E-state index in [0.717, 1.165) is 16.8 Å². The van der Waals surface area contributed by atoms with E-state index in [-0.39, 0.29) is 31.1 Å². The van der Waals surface area contributed by atoms with Crippen molar-refractivity contribution in [3.05, 3.63) is 106 Å². The van der Waals surface area contributed by atoms with Crippen LogP contribution in [0.25, 0.3) is 0 Å². The van der Waals surface area contributed by atoms with Gasteiger partial charge in [0.2, 0.25) is 0 Å². The Labute approximate surface area is 181 Å². The molecule has 1 N–H and O–H groups in total. The molecule has 3 aromatic rings. The van der Waals surface area contributed by atoms with Crippen LogP contribution in [0.1, 0.15) is 16.7 Å². The van der Waals surface area contributed by atoms with Crippen molar-refractivity contribution < 1.29 is 14.5 Å². The number of anilines is 1. The normalized spacial score (nSPS) is 11.1. The molecule has 7 heteroatoms. The second kappa shape index (κ2) is 11.0. The number of halogens is 1. The minimum absolute atomic E-state index is 0. The number of hydrogen-bond acceptors (Lipinski definition) is 5. The zero-order valence-electron chi connectivity index (χ0n) is 16.5. The van der Waals surface area contributed by atoms with Crippen molar-refractivity contribution in [1.29, 1.82) is 0 Å². The van der Waals surface area contributed by atoms with Crippen molar-refractivity contribution in [2.24, 2.45) is 0 Å².